The van der Waals surface area contributed by atoms with E-state index in [0.717, 1.165) is 21.2 Å². The first-order chi connectivity index (χ1) is 18.5. The molecule has 0 saturated carbocycles. The summed E-state index contributed by atoms with van der Waals surface area (Å²) in [6, 6.07) is 24.8. The Hall–Kier alpha value is -5.11. The number of rotatable bonds is 7. The van der Waals surface area contributed by atoms with Crippen LogP contribution in [0.5, 0.6) is 17.2 Å². The van der Waals surface area contributed by atoms with E-state index in [4.69, 9.17) is 14.2 Å². The summed E-state index contributed by atoms with van der Waals surface area (Å²) in [4.78, 5) is 39.1. The van der Waals surface area contributed by atoms with Crippen molar-refractivity contribution in [3.8, 4) is 17.2 Å². The van der Waals surface area contributed by atoms with Gasteiger partial charge in [0.05, 0.1) is 19.9 Å². The molecule has 1 aliphatic rings. The van der Waals surface area contributed by atoms with Crippen LogP contribution in [-0.4, -0.2) is 32.1 Å². The van der Waals surface area contributed by atoms with Crippen molar-refractivity contribution in [2.24, 2.45) is 0 Å². The lowest BCUT2D eigenvalue weighted by Gasteiger charge is -2.26. The van der Waals surface area contributed by atoms with Gasteiger partial charge in [0, 0.05) is 0 Å². The molecule has 1 saturated heterocycles. The molecule has 0 radical (unpaired) electrons. The van der Waals surface area contributed by atoms with E-state index in [1.165, 1.54) is 20.3 Å². The van der Waals surface area contributed by atoms with E-state index in [-0.39, 0.29) is 5.57 Å². The van der Waals surface area contributed by atoms with Crippen LogP contribution in [0.2, 0.25) is 0 Å². The predicted molar refractivity (Wildman–Crippen MR) is 143 cm³/mol. The normalized spacial score (nSPS) is 14.5. The highest BCUT2D eigenvalue weighted by Gasteiger charge is 2.36. The third kappa shape index (κ3) is 4.79. The van der Waals surface area contributed by atoms with Crippen molar-refractivity contribution in [2.75, 3.05) is 19.1 Å². The zero-order chi connectivity index (χ0) is 26.6. The van der Waals surface area contributed by atoms with E-state index in [1.807, 2.05) is 42.5 Å². The fraction of sp³-hybridized carbons (Fsp3) is 0.100. The topological polar surface area (TPSA) is 94.2 Å². The molecule has 1 fully saturated rings. The Kier molecular flexibility index (Phi) is 6.78. The molecule has 4 aromatic rings. The number of fused-ring (bicyclic) bond motifs is 1. The van der Waals surface area contributed by atoms with Gasteiger partial charge in [-0.3, -0.25) is 14.9 Å². The van der Waals surface area contributed by atoms with Gasteiger partial charge < -0.3 is 14.2 Å². The molecular formula is C30H24N2O6. The smallest absolute Gasteiger partial charge is 0.335 e. The van der Waals surface area contributed by atoms with Crippen molar-refractivity contribution in [1.82, 2.24) is 5.32 Å². The molecule has 0 spiro atoms. The van der Waals surface area contributed by atoms with Crippen molar-refractivity contribution in [3.05, 3.63) is 102 Å². The number of carbonyl (C=O) groups is 3. The highest BCUT2D eigenvalue weighted by molar-refractivity contribution is 6.39. The fourth-order valence-corrected chi connectivity index (χ4v) is 4.26. The first kappa shape index (κ1) is 24.6. The summed E-state index contributed by atoms with van der Waals surface area (Å²) in [5, 5.41) is 4.45. The number of carbonyl (C=O) groups excluding carboxylic acids is 3. The van der Waals surface area contributed by atoms with Crippen molar-refractivity contribution < 1.29 is 28.6 Å². The lowest BCUT2D eigenvalue weighted by Crippen LogP contribution is -2.54. The van der Waals surface area contributed by atoms with Gasteiger partial charge in [-0.25, -0.2) is 9.69 Å². The van der Waals surface area contributed by atoms with E-state index in [1.54, 1.807) is 42.5 Å². The number of methoxy groups -OCH3 is 2. The number of amides is 4. The van der Waals surface area contributed by atoms with Crippen molar-refractivity contribution in [1.29, 1.82) is 0 Å². The van der Waals surface area contributed by atoms with Crippen molar-refractivity contribution >= 4 is 40.4 Å². The molecule has 0 aromatic heterocycles. The summed E-state index contributed by atoms with van der Waals surface area (Å²) < 4.78 is 16.7. The fourth-order valence-electron chi connectivity index (χ4n) is 4.26. The third-order valence-corrected chi connectivity index (χ3v) is 6.19. The largest absolute Gasteiger partial charge is 0.497 e. The van der Waals surface area contributed by atoms with Gasteiger partial charge in [0.25, 0.3) is 11.8 Å². The third-order valence-electron chi connectivity index (χ3n) is 6.19. The number of imide groups is 2. The zero-order valence-corrected chi connectivity index (χ0v) is 20.8. The number of hydrogen-bond donors (Lipinski definition) is 1. The number of urea groups is 1. The number of nitrogens with one attached hydrogen (secondary N) is 1. The van der Waals surface area contributed by atoms with Crippen LogP contribution in [-0.2, 0) is 16.2 Å². The van der Waals surface area contributed by atoms with Crippen molar-refractivity contribution in [3.63, 3.8) is 0 Å². The van der Waals surface area contributed by atoms with Gasteiger partial charge >= 0.3 is 6.03 Å². The van der Waals surface area contributed by atoms with E-state index in [9.17, 15) is 14.4 Å². The molecule has 5 rings (SSSR count). The summed E-state index contributed by atoms with van der Waals surface area (Å²) in [5.74, 6) is 0.00266. The average Bonchev–Trinajstić information content (AvgIpc) is 2.94. The summed E-state index contributed by atoms with van der Waals surface area (Å²) in [6.45, 7) is 0.331. The predicted octanol–water partition coefficient (Wildman–Crippen LogP) is 5.10. The molecule has 38 heavy (non-hydrogen) atoms. The molecule has 0 unspecified atom stereocenters. The first-order valence-electron chi connectivity index (χ1n) is 11.8. The number of barbiturate groups is 1. The van der Waals surface area contributed by atoms with Gasteiger partial charge in [-0.05, 0) is 64.4 Å². The van der Waals surface area contributed by atoms with Gasteiger partial charge in [-0.15, -0.1) is 0 Å². The molecule has 4 aromatic carbocycles. The molecule has 190 valence electrons. The number of benzene rings is 4. The van der Waals surface area contributed by atoms with Crippen LogP contribution in [0.1, 0.15) is 11.1 Å². The Morgan fingerprint density at radius 2 is 1.58 bits per heavy atom. The Morgan fingerprint density at radius 3 is 2.34 bits per heavy atom. The molecular weight excluding hydrogens is 484 g/mol. The van der Waals surface area contributed by atoms with Crippen LogP contribution >= 0.6 is 0 Å². The van der Waals surface area contributed by atoms with Gasteiger partial charge in [0.2, 0.25) is 0 Å². The number of nitrogens with zero attached hydrogens (tertiary/aromatic N) is 1. The quantitative estimate of drug-likeness (QED) is 0.276. The second kappa shape index (κ2) is 10.5. The maximum Gasteiger partial charge on any atom is 0.335 e. The Balaban J connectivity index is 1.39. The van der Waals surface area contributed by atoms with Gasteiger partial charge in [-0.1, -0.05) is 48.5 Å². The summed E-state index contributed by atoms with van der Waals surface area (Å²) in [5.41, 5.74) is 1.68. The molecule has 0 bridgehead atoms. The van der Waals surface area contributed by atoms with Gasteiger partial charge in [0.15, 0.2) is 11.5 Å². The lowest BCUT2D eigenvalue weighted by molar-refractivity contribution is -0.122. The Bertz CT molecular complexity index is 1570. The molecule has 8 heteroatoms. The summed E-state index contributed by atoms with van der Waals surface area (Å²) in [6.07, 6.45) is 1.41. The molecule has 0 atom stereocenters. The monoisotopic (exact) mass is 508 g/mol. The summed E-state index contributed by atoms with van der Waals surface area (Å²) in [7, 11) is 3.03. The highest BCUT2D eigenvalue weighted by Crippen LogP contribution is 2.31. The molecule has 1 heterocycles. The highest BCUT2D eigenvalue weighted by atomic mass is 16.5. The van der Waals surface area contributed by atoms with Crippen LogP contribution in [0, 0.1) is 0 Å². The number of hydrogen-bond acceptors (Lipinski definition) is 6. The minimum Gasteiger partial charge on any atom is -0.497 e. The molecule has 1 N–H and O–H groups in total. The SMILES string of the molecule is COc1ccc(N2C(=O)NC(=O)/C(=C\c3ccc(OCc4cccc5ccccc45)c(OC)c3)C2=O)cc1. The van der Waals surface area contributed by atoms with Gasteiger partial charge in [-0.2, -0.15) is 0 Å². The molecule has 1 aliphatic heterocycles. The van der Waals surface area contributed by atoms with Crippen LogP contribution in [0.25, 0.3) is 16.8 Å². The first-order valence-corrected chi connectivity index (χ1v) is 11.8. The van der Waals surface area contributed by atoms with Crippen molar-refractivity contribution in [2.45, 2.75) is 6.61 Å². The van der Waals surface area contributed by atoms with Crippen LogP contribution < -0.4 is 24.4 Å². The summed E-state index contributed by atoms with van der Waals surface area (Å²) >= 11 is 0. The second-order valence-electron chi connectivity index (χ2n) is 8.49. The van der Waals surface area contributed by atoms with Gasteiger partial charge in [0.1, 0.15) is 17.9 Å². The van der Waals surface area contributed by atoms with E-state index < -0.39 is 17.8 Å². The number of anilines is 1. The van der Waals surface area contributed by atoms with E-state index >= 15 is 0 Å². The zero-order valence-electron chi connectivity index (χ0n) is 20.8. The van der Waals surface area contributed by atoms with E-state index in [2.05, 4.69) is 5.32 Å². The lowest BCUT2D eigenvalue weighted by atomic mass is 10.1. The molecule has 8 nitrogen and oxygen atoms in total. The average molecular weight is 509 g/mol. The molecule has 0 aliphatic carbocycles. The van der Waals surface area contributed by atoms with E-state index in [0.29, 0.717) is 35.1 Å². The van der Waals surface area contributed by atoms with Crippen LogP contribution in [0.4, 0.5) is 10.5 Å². The van der Waals surface area contributed by atoms with Crippen LogP contribution in [0.3, 0.4) is 0 Å². The maximum atomic E-state index is 13.2. The minimum atomic E-state index is -0.822. The Labute approximate surface area is 219 Å². The standard InChI is InChI=1S/C30H24N2O6/c1-36-23-13-11-22(12-14-23)32-29(34)25(28(33)31-30(32)35)16-19-10-15-26(27(17-19)37-2)38-18-21-8-5-7-20-6-3-4-9-24(20)21/h3-17H,18H2,1-2H3,(H,31,33,35)/b25-16+. The Morgan fingerprint density at radius 1 is 0.816 bits per heavy atom. The molecule has 4 amide bonds. The maximum absolute atomic E-state index is 13.2. The minimum absolute atomic E-state index is 0.188. The number of ether oxygens (including phenoxy) is 3. The second-order valence-corrected chi connectivity index (χ2v) is 8.49. The van der Waals surface area contributed by atoms with Crippen LogP contribution in [0.15, 0.2) is 90.5 Å².